The summed E-state index contributed by atoms with van der Waals surface area (Å²) in [6, 6.07) is 5.58. The molecule has 0 aliphatic carbocycles. The standard InChI is InChI=1S/C13H18BrNO3/c1-2-18-12-7-6-9(8-10(12)14)11(15)4-3-5-13(16)17/h6-8,11H,2-5,15H2,1H3,(H,16,17). The first-order valence-corrected chi connectivity index (χ1v) is 6.73. The molecule has 100 valence electrons. The summed E-state index contributed by atoms with van der Waals surface area (Å²) >= 11 is 3.43. The molecule has 18 heavy (non-hydrogen) atoms. The van der Waals surface area contributed by atoms with Gasteiger partial charge >= 0.3 is 5.97 Å². The first-order chi connectivity index (χ1) is 8.54. The van der Waals surface area contributed by atoms with E-state index in [9.17, 15) is 4.79 Å². The number of hydrogen-bond acceptors (Lipinski definition) is 3. The van der Waals surface area contributed by atoms with Crippen LogP contribution in [-0.4, -0.2) is 17.7 Å². The number of aliphatic carboxylic acids is 1. The van der Waals surface area contributed by atoms with Gasteiger partial charge in [-0.1, -0.05) is 6.07 Å². The van der Waals surface area contributed by atoms with Gasteiger partial charge in [-0.15, -0.1) is 0 Å². The second-order valence-corrected chi connectivity index (χ2v) is 4.87. The van der Waals surface area contributed by atoms with Gasteiger partial charge in [0.1, 0.15) is 5.75 Å². The van der Waals surface area contributed by atoms with Crippen molar-refractivity contribution in [3.8, 4) is 5.75 Å². The molecule has 1 aromatic carbocycles. The summed E-state index contributed by atoms with van der Waals surface area (Å²) < 4.78 is 6.29. The third kappa shape index (κ3) is 4.66. The predicted octanol–water partition coefficient (Wildman–Crippen LogP) is 3.10. The van der Waals surface area contributed by atoms with Gasteiger partial charge in [0.2, 0.25) is 0 Å². The highest BCUT2D eigenvalue weighted by atomic mass is 79.9. The van der Waals surface area contributed by atoms with E-state index in [0.29, 0.717) is 19.4 Å². The quantitative estimate of drug-likeness (QED) is 0.811. The van der Waals surface area contributed by atoms with Gasteiger partial charge in [-0.25, -0.2) is 0 Å². The molecule has 0 saturated heterocycles. The lowest BCUT2D eigenvalue weighted by Crippen LogP contribution is -2.11. The van der Waals surface area contributed by atoms with E-state index in [1.54, 1.807) is 0 Å². The molecule has 1 rings (SSSR count). The molecule has 4 nitrogen and oxygen atoms in total. The van der Waals surface area contributed by atoms with Crippen molar-refractivity contribution < 1.29 is 14.6 Å². The van der Waals surface area contributed by atoms with Crippen molar-refractivity contribution in [1.82, 2.24) is 0 Å². The second kappa shape index (κ2) is 7.38. The maximum Gasteiger partial charge on any atom is 0.303 e. The Labute approximate surface area is 115 Å². The Hall–Kier alpha value is -1.07. The molecule has 0 spiro atoms. The van der Waals surface area contributed by atoms with Crippen LogP contribution in [0.4, 0.5) is 0 Å². The molecule has 0 aromatic heterocycles. The summed E-state index contributed by atoms with van der Waals surface area (Å²) in [6.45, 7) is 2.54. The summed E-state index contributed by atoms with van der Waals surface area (Å²) in [4.78, 5) is 10.4. The van der Waals surface area contributed by atoms with Crippen molar-refractivity contribution in [1.29, 1.82) is 0 Å². The van der Waals surface area contributed by atoms with E-state index in [4.69, 9.17) is 15.6 Å². The maximum absolute atomic E-state index is 10.4. The third-order valence-electron chi connectivity index (χ3n) is 2.59. The molecule has 1 atom stereocenters. The molecule has 0 radical (unpaired) electrons. The maximum atomic E-state index is 10.4. The Morgan fingerprint density at radius 3 is 2.83 bits per heavy atom. The highest BCUT2D eigenvalue weighted by molar-refractivity contribution is 9.10. The number of halogens is 1. The fourth-order valence-electron chi connectivity index (χ4n) is 1.66. The van der Waals surface area contributed by atoms with Gasteiger partial charge < -0.3 is 15.6 Å². The number of ether oxygens (including phenoxy) is 1. The van der Waals surface area contributed by atoms with Crippen molar-refractivity contribution >= 4 is 21.9 Å². The summed E-state index contributed by atoms with van der Waals surface area (Å²) in [5, 5.41) is 8.57. The van der Waals surface area contributed by atoms with Gasteiger partial charge in [0.25, 0.3) is 0 Å². The van der Waals surface area contributed by atoms with E-state index < -0.39 is 5.97 Å². The second-order valence-electron chi connectivity index (χ2n) is 4.02. The van der Waals surface area contributed by atoms with Crippen LogP contribution in [-0.2, 0) is 4.79 Å². The van der Waals surface area contributed by atoms with Gasteiger partial charge in [0, 0.05) is 12.5 Å². The average Bonchev–Trinajstić information content (AvgIpc) is 2.31. The van der Waals surface area contributed by atoms with E-state index in [-0.39, 0.29) is 12.5 Å². The van der Waals surface area contributed by atoms with Crippen LogP contribution in [0.2, 0.25) is 0 Å². The van der Waals surface area contributed by atoms with Crippen LogP contribution in [0, 0.1) is 0 Å². The minimum Gasteiger partial charge on any atom is -0.493 e. The van der Waals surface area contributed by atoms with Crippen LogP contribution in [0.1, 0.15) is 37.8 Å². The highest BCUT2D eigenvalue weighted by Crippen LogP contribution is 2.29. The number of hydrogen-bond donors (Lipinski definition) is 2. The molecule has 0 fully saturated rings. The smallest absolute Gasteiger partial charge is 0.303 e. The summed E-state index contributed by atoms with van der Waals surface area (Å²) in [6.07, 6.45) is 1.40. The summed E-state index contributed by atoms with van der Waals surface area (Å²) in [5.41, 5.74) is 7.00. The van der Waals surface area contributed by atoms with Crippen molar-refractivity contribution in [2.45, 2.75) is 32.2 Å². The fraction of sp³-hybridized carbons (Fsp3) is 0.462. The molecule has 3 N–H and O–H groups in total. The Bertz CT molecular complexity index is 409. The summed E-state index contributed by atoms with van der Waals surface area (Å²) in [5.74, 6) is 0.00839. The molecule has 0 heterocycles. The molecule has 0 saturated carbocycles. The monoisotopic (exact) mass is 315 g/mol. The van der Waals surface area contributed by atoms with Crippen molar-refractivity contribution in [3.63, 3.8) is 0 Å². The Balaban J connectivity index is 2.60. The molecular weight excluding hydrogens is 298 g/mol. The Morgan fingerprint density at radius 2 is 2.28 bits per heavy atom. The van der Waals surface area contributed by atoms with Crippen LogP contribution in [0.5, 0.6) is 5.75 Å². The molecule has 0 aliphatic heterocycles. The fourth-order valence-corrected chi connectivity index (χ4v) is 2.17. The first kappa shape index (κ1) is 15.0. The topological polar surface area (TPSA) is 72.5 Å². The van der Waals surface area contributed by atoms with Crippen molar-refractivity contribution in [3.05, 3.63) is 28.2 Å². The lowest BCUT2D eigenvalue weighted by Gasteiger charge is -2.13. The molecular formula is C13H18BrNO3. The first-order valence-electron chi connectivity index (χ1n) is 5.94. The van der Waals surface area contributed by atoms with Gasteiger partial charge in [0.15, 0.2) is 0 Å². The predicted molar refractivity (Wildman–Crippen MR) is 73.7 cm³/mol. The Kier molecular flexibility index (Phi) is 6.15. The zero-order valence-electron chi connectivity index (χ0n) is 10.4. The lowest BCUT2D eigenvalue weighted by atomic mass is 10.0. The van der Waals surface area contributed by atoms with Gasteiger partial charge in [-0.05, 0) is 53.4 Å². The molecule has 0 bridgehead atoms. The van der Waals surface area contributed by atoms with E-state index in [2.05, 4.69) is 15.9 Å². The Morgan fingerprint density at radius 1 is 1.56 bits per heavy atom. The highest BCUT2D eigenvalue weighted by Gasteiger charge is 2.09. The van der Waals surface area contributed by atoms with Crippen LogP contribution < -0.4 is 10.5 Å². The zero-order valence-corrected chi connectivity index (χ0v) is 11.9. The third-order valence-corrected chi connectivity index (χ3v) is 3.21. The SMILES string of the molecule is CCOc1ccc(C(N)CCCC(=O)O)cc1Br. The van der Waals surface area contributed by atoms with E-state index in [1.165, 1.54) is 0 Å². The van der Waals surface area contributed by atoms with Gasteiger partial charge in [-0.2, -0.15) is 0 Å². The number of benzene rings is 1. The van der Waals surface area contributed by atoms with Crippen LogP contribution in [0.25, 0.3) is 0 Å². The number of rotatable bonds is 7. The van der Waals surface area contributed by atoms with Crippen molar-refractivity contribution in [2.75, 3.05) is 6.61 Å². The van der Waals surface area contributed by atoms with E-state index >= 15 is 0 Å². The normalized spacial score (nSPS) is 12.2. The van der Waals surface area contributed by atoms with Gasteiger partial charge in [-0.3, -0.25) is 4.79 Å². The minimum atomic E-state index is -0.782. The van der Waals surface area contributed by atoms with E-state index in [0.717, 1.165) is 15.8 Å². The molecule has 1 unspecified atom stereocenters. The largest absolute Gasteiger partial charge is 0.493 e. The number of carbonyl (C=O) groups is 1. The lowest BCUT2D eigenvalue weighted by molar-refractivity contribution is -0.137. The number of carboxylic acids is 1. The molecule has 0 amide bonds. The number of carboxylic acid groups (broad SMARTS) is 1. The molecule has 5 heteroatoms. The molecule has 1 aromatic rings. The van der Waals surface area contributed by atoms with Gasteiger partial charge in [0.05, 0.1) is 11.1 Å². The van der Waals surface area contributed by atoms with Crippen LogP contribution in [0.15, 0.2) is 22.7 Å². The van der Waals surface area contributed by atoms with E-state index in [1.807, 2.05) is 25.1 Å². The molecule has 0 aliphatic rings. The van der Waals surface area contributed by atoms with Crippen molar-refractivity contribution in [2.24, 2.45) is 5.73 Å². The zero-order chi connectivity index (χ0) is 13.5. The average molecular weight is 316 g/mol. The minimum absolute atomic E-state index is 0.142. The van der Waals surface area contributed by atoms with Crippen LogP contribution in [0.3, 0.4) is 0 Å². The number of nitrogens with two attached hydrogens (primary N) is 1. The van der Waals surface area contributed by atoms with Crippen LogP contribution >= 0.6 is 15.9 Å². The summed E-state index contributed by atoms with van der Waals surface area (Å²) in [7, 11) is 0.